The van der Waals surface area contributed by atoms with Crippen LogP contribution >= 0.6 is 0 Å². The topological polar surface area (TPSA) is 13.1 Å². The molecule has 1 aromatic heterocycles. The van der Waals surface area contributed by atoms with Crippen LogP contribution in [-0.2, 0) is 0 Å². The molecule has 0 saturated heterocycles. The Kier molecular flexibility index (Phi) is 7.45. The van der Waals surface area contributed by atoms with E-state index in [2.05, 4.69) is 218 Å². The second-order valence-electron chi connectivity index (χ2n) is 15.8. The molecule has 1 heterocycles. The quantitative estimate of drug-likeness (QED) is 0.122. The minimum absolute atomic E-state index is 0.0386. The molecule has 0 spiro atoms. The number of hydrogen-bond donors (Lipinski definition) is 0. The molecule has 0 fully saturated rings. The van der Waals surface area contributed by atoms with Crippen LogP contribution in [0.5, 0.6) is 0 Å². The lowest BCUT2D eigenvalue weighted by Gasteiger charge is -2.47. The van der Waals surface area contributed by atoms with Crippen molar-refractivity contribution >= 4 is 50.8 Å². The van der Waals surface area contributed by atoms with Gasteiger partial charge in [-0.3, -0.25) is 0 Å². The molecule has 10 aromatic rings. The van der Waals surface area contributed by atoms with Gasteiger partial charge in [0.25, 0.3) is 0 Å². The number of para-hydroxylation sites is 2. The van der Waals surface area contributed by atoms with Crippen molar-refractivity contribution in [1.82, 2.24) is 0 Å². The summed E-state index contributed by atoms with van der Waals surface area (Å²) in [6.07, 6.45) is 0. The summed E-state index contributed by atoms with van der Waals surface area (Å²) in [5.41, 5.74) is 15.3. The van der Waals surface area contributed by atoms with Gasteiger partial charge >= 0.3 is 0 Å². The number of rotatable bonds is 6. The van der Waals surface area contributed by atoms with Gasteiger partial charge in [-0.1, -0.05) is 212 Å². The third kappa shape index (κ3) is 4.64. The molecule has 3 aliphatic rings. The molecule has 0 saturated carbocycles. The first kappa shape index (κ1) is 33.2. The van der Waals surface area contributed by atoms with Crippen molar-refractivity contribution in [2.24, 2.45) is 0 Å². The Balaban J connectivity index is 1.16. The van der Waals surface area contributed by atoms with Gasteiger partial charge in [0.1, 0.15) is 11.2 Å². The Morgan fingerprint density at radius 1 is 0.310 bits per heavy atom. The molecule has 9 aromatic carbocycles. The molecule has 1 nitrogen and oxygen atoms in total. The zero-order valence-corrected chi connectivity index (χ0v) is 32.8. The third-order valence-corrected chi connectivity index (χ3v) is 17.9. The van der Waals surface area contributed by atoms with Crippen molar-refractivity contribution in [3.8, 4) is 22.3 Å². The Labute approximate surface area is 339 Å². The van der Waals surface area contributed by atoms with Gasteiger partial charge in [-0.05, 0) is 76.9 Å². The average Bonchev–Trinajstić information content (AvgIpc) is 3.69. The van der Waals surface area contributed by atoms with Gasteiger partial charge in [0.2, 0.25) is 0 Å². The molecule has 2 unspecified atom stereocenters. The lowest BCUT2D eigenvalue weighted by Crippen LogP contribution is -2.75. The molecule has 58 heavy (non-hydrogen) atoms. The largest absolute Gasteiger partial charge is 0.455 e. The van der Waals surface area contributed by atoms with E-state index in [0.717, 1.165) is 27.5 Å². The molecule has 2 heteroatoms. The SMILES string of the molecule is c1ccc([Si](c2ccccc2)(c2ccccc2)c2cccc3c2C2c4ccccc4C3c3cccc(-c4ccccc4-c4cccc5c4oc4ccccc45)c32)cc1. The highest BCUT2D eigenvalue weighted by Gasteiger charge is 2.49. The molecule has 0 N–H and O–H groups in total. The van der Waals surface area contributed by atoms with Crippen LogP contribution in [0.25, 0.3) is 44.2 Å². The smallest absolute Gasteiger partial charge is 0.179 e. The second-order valence-corrected chi connectivity index (χ2v) is 19.6. The van der Waals surface area contributed by atoms with Crippen molar-refractivity contribution in [1.29, 1.82) is 0 Å². The molecule has 2 atom stereocenters. The predicted molar refractivity (Wildman–Crippen MR) is 243 cm³/mol. The van der Waals surface area contributed by atoms with Crippen LogP contribution in [0.15, 0.2) is 223 Å². The molecule has 0 amide bonds. The normalized spacial score (nSPS) is 15.2. The van der Waals surface area contributed by atoms with Gasteiger partial charge in [-0.25, -0.2) is 0 Å². The first-order valence-electron chi connectivity index (χ1n) is 20.3. The van der Waals surface area contributed by atoms with E-state index in [1.54, 1.807) is 0 Å². The van der Waals surface area contributed by atoms with E-state index < -0.39 is 8.07 Å². The van der Waals surface area contributed by atoms with Crippen molar-refractivity contribution < 1.29 is 4.42 Å². The summed E-state index contributed by atoms with van der Waals surface area (Å²) in [6, 6.07) is 81.7. The van der Waals surface area contributed by atoms with Crippen molar-refractivity contribution in [2.45, 2.75) is 11.8 Å². The maximum Gasteiger partial charge on any atom is 0.179 e. The Hall–Kier alpha value is -7.00. The predicted octanol–water partition coefficient (Wildman–Crippen LogP) is 11.3. The molecular formula is C56H38OSi. The van der Waals surface area contributed by atoms with E-state index in [1.807, 2.05) is 0 Å². The molecule has 13 rings (SSSR count). The summed E-state index contributed by atoms with van der Waals surface area (Å²) in [5.74, 6) is 0.155. The van der Waals surface area contributed by atoms with E-state index in [1.165, 1.54) is 70.8 Å². The van der Waals surface area contributed by atoms with Crippen LogP contribution in [0, 0.1) is 0 Å². The fourth-order valence-electron chi connectivity index (χ4n) is 10.8. The summed E-state index contributed by atoms with van der Waals surface area (Å²) >= 11 is 0. The average molecular weight is 755 g/mol. The molecule has 2 bridgehead atoms. The summed E-state index contributed by atoms with van der Waals surface area (Å²) in [5, 5.41) is 7.96. The number of benzene rings is 9. The minimum atomic E-state index is -2.88. The second kappa shape index (κ2) is 13.0. The van der Waals surface area contributed by atoms with Gasteiger partial charge in [0, 0.05) is 28.2 Å². The third-order valence-electron chi connectivity index (χ3n) is 13.0. The standard InChI is InChI=1S/C56H38OSi/c1-4-19-37(20-5-1)58(38-21-6-2-7-22-38,39-23-8-3-9-24-39)51-36-18-34-49-52-44-28-12-13-29-45(44)55(54(49)51)53-43(30-16-33-48(52)53)40-25-10-11-26-41(40)46-31-17-32-47-42-27-14-15-35-50(42)57-56(46)47/h1-36,52,55H. The molecular weight excluding hydrogens is 717 g/mol. The Bertz CT molecular complexity index is 3080. The zero-order valence-electron chi connectivity index (χ0n) is 31.8. The van der Waals surface area contributed by atoms with Gasteiger partial charge in [-0.15, -0.1) is 0 Å². The Morgan fingerprint density at radius 3 is 1.43 bits per heavy atom. The summed E-state index contributed by atoms with van der Waals surface area (Å²) < 4.78 is 6.67. The van der Waals surface area contributed by atoms with E-state index in [0.29, 0.717) is 0 Å². The van der Waals surface area contributed by atoms with Crippen LogP contribution in [0.3, 0.4) is 0 Å². The lowest BCUT2D eigenvalue weighted by molar-refractivity contribution is 0.670. The van der Waals surface area contributed by atoms with Gasteiger partial charge in [0.05, 0.1) is 0 Å². The van der Waals surface area contributed by atoms with Crippen LogP contribution in [0.2, 0.25) is 0 Å². The van der Waals surface area contributed by atoms with E-state index in [-0.39, 0.29) is 11.8 Å². The summed E-state index contributed by atoms with van der Waals surface area (Å²) in [7, 11) is -2.88. The highest BCUT2D eigenvalue weighted by atomic mass is 28.3. The molecule has 0 aliphatic heterocycles. The fourth-order valence-corrected chi connectivity index (χ4v) is 15.9. The number of hydrogen-bond acceptors (Lipinski definition) is 1. The van der Waals surface area contributed by atoms with Crippen molar-refractivity contribution in [3.63, 3.8) is 0 Å². The molecule has 272 valence electrons. The monoisotopic (exact) mass is 754 g/mol. The molecule has 3 aliphatic carbocycles. The van der Waals surface area contributed by atoms with Crippen LogP contribution in [-0.4, -0.2) is 8.07 Å². The summed E-state index contributed by atoms with van der Waals surface area (Å²) in [4.78, 5) is 0. The van der Waals surface area contributed by atoms with Crippen molar-refractivity contribution in [2.75, 3.05) is 0 Å². The van der Waals surface area contributed by atoms with Gasteiger partial charge < -0.3 is 4.42 Å². The fraction of sp³-hybridized carbons (Fsp3) is 0.0357. The van der Waals surface area contributed by atoms with Crippen LogP contribution in [0.1, 0.15) is 45.2 Å². The summed E-state index contributed by atoms with van der Waals surface area (Å²) in [6.45, 7) is 0. The first-order chi connectivity index (χ1) is 28.8. The van der Waals surface area contributed by atoms with Gasteiger partial charge in [-0.2, -0.15) is 0 Å². The maximum absolute atomic E-state index is 6.67. The highest BCUT2D eigenvalue weighted by molar-refractivity contribution is 7.20. The maximum atomic E-state index is 6.67. The van der Waals surface area contributed by atoms with Crippen LogP contribution in [0.4, 0.5) is 0 Å². The van der Waals surface area contributed by atoms with E-state index in [9.17, 15) is 0 Å². The lowest BCUT2D eigenvalue weighted by atomic mass is 9.60. The van der Waals surface area contributed by atoms with E-state index in [4.69, 9.17) is 4.42 Å². The number of fused-ring (bicyclic) bond motifs is 3. The molecule has 0 radical (unpaired) electrons. The number of furan rings is 1. The Morgan fingerprint density at radius 2 is 0.759 bits per heavy atom. The first-order valence-corrected chi connectivity index (χ1v) is 22.3. The van der Waals surface area contributed by atoms with Crippen LogP contribution < -0.4 is 20.7 Å². The van der Waals surface area contributed by atoms with E-state index >= 15 is 0 Å². The minimum Gasteiger partial charge on any atom is -0.455 e. The zero-order chi connectivity index (χ0) is 38.2. The highest BCUT2D eigenvalue weighted by Crippen LogP contribution is 2.58. The van der Waals surface area contributed by atoms with Gasteiger partial charge in [0.15, 0.2) is 8.07 Å². The van der Waals surface area contributed by atoms with Crippen molar-refractivity contribution in [3.05, 3.63) is 252 Å².